The van der Waals surface area contributed by atoms with Gasteiger partial charge in [-0.15, -0.1) is 0 Å². The number of amides is 2. The third-order valence-corrected chi connectivity index (χ3v) is 19.7. The number of hydrogen-bond acceptors (Lipinski definition) is 23. The number of pyridine rings is 1. The minimum atomic E-state index is -0.630. The zero-order chi connectivity index (χ0) is 65.9. The molecule has 27 nitrogen and oxygen atoms in total. The summed E-state index contributed by atoms with van der Waals surface area (Å²) in [5, 5.41) is 24.9. The fourth-order valence-corrected chi connectivity index (χ4v) is 15.0. The number of alkyl carbamates (subject to hydrolysis) is 2. The van der Waals surface area contributed by atoms with E-state index in [1.54, 1.807) is 16.9 Å². The molecule has 93 heavy (non-hydrogen) atoms. The van der Waals surface area contributed by atoms with E-state index in [4.69, 9.17) is 90.8 Å². The quantitative estimate of drug-likeness (QED) is 0.0417. The molecule has 7 aromatic heterocycles. The molecule has 6 fully saturated rings. The molecular formula is C63H78Cl2IN15O12. The fourth-order valence-electron chi connectivity index (χ4n) is 14.0. The summed E-state index contributed by atoms with van der Waals surface area (Å²) in [5.74, 6) is 2.64. The number of carbonyl (C=O) groups excluding carboxylic acids is 4. The molecule has 7 aromatic rings. The van der Waals surface area contributed by atoms with E-state index in [9.17, 15) is 19.2 Å². The van der Waals surface area contributed by atoms with Crippen LogP contribution in [-0.4, -0.2) is 143 Å². The van der Waals surface area contributed by atoms with Gasteiger partial charge in [0.05, 0.1) is 16.4 Å². The van der Waals surface area contributed by atoms with E-state index in [1.165, 1.54) is 13.8 Å². The van der Waals surface area contributed by atoms with Crippen molar-refractivity contribution >= 4 is 104 Å². The van der Waals surface area contributed by atoms with E-state index in [0.717, 1.165) is 72.2 Å². The molecule has 13 rings (SSSR count). The molecule has 498 valence electrons. The Balaban J connectivity index is 0.000000181. The van der Waals surface area contributed by atoms with Crippen molar-refractivity contribution in [3.63, 3.8) is 0 Å². The van der Waals surface area contributed by atoms with Crippen molar-refractivity contribution < 1.29 is 56.6 Å². The highest BCUT2D eigenvalue weighted by Crippen LogP contribution is 2.64. The Morgan fingerprint density at radius 1 is 0.656 bits per heavy atom. The van der Waals surface area contributed by atoms with E-state index in [1.807, 2.05) is 72.2 Å². The first-order valence-electron chi connectivity index (χ1n) is 31.7. The lowest BCUT2D eigenvalue weighted by Crippen LogP contribution is -2.39. The first-order chi connectivity index (χ1) is 44.3. The number of esters is 2. The molecule has 4 aliphatic heterocycles. The monoisotopic (exact) mass is 1430 g/mol. The SMILES string of the molecule is CC(=O)OCc1nc2c(-c3ccnc(Cl)c3Cl)nn(C3CCCCO3)c2nc1N1CCC2C(C1)C2(CNC(=O)OC(C)(C)C)c1cc(C)on1.CC(=O)OCc1nc2c(I)nn(C3CCCCO3)c2nc1N1CCC2C(C1)C2(CNC(=O)OC(C)(C)C)c1cc(C)on1. The van der Waals surface area contributed by atoms with Crippen molar-refractivity contribution in [3.8, 4) is 11.3 Å². The van der Waals surface area contributed by atoms with Gasteiger partial charge in [0.15, 0.2) is 39.1 Å². The largest absolute Gasteiger partial charge is 0.459 e. The molecule has 2 saturated carbocycles. The van der Waals surface area contributed by atoms with Crippen LogP contribution < -0.4 is 20.4 Å². The number of anilines is 2. The number of halogens is 3. The summed E-state index contributed by atoms with van der Waals surface area (Å²) in [5.41, 5.74) is 3.94. The van der Waals surface area contributed by atoms with Crippen LogP contribution in [0.25, 0.3) is 33.6 Å². The minimum Gasteiger partial charge on any atom is -0.459 e. The molecule has 6 aliphatic rings. The highest BCUT2D eigenvalue weighted by molar-refractivity contribution is 14.1. The summed E-state index contributed by atoms with van der Waals surface area (Å²) < 4.78 is 49.6. The number of ether oxygens (including phenoxy) is 6. The molecule has 0 bridgehead atoms. The highest BCUT2D eigenvalue weighted by Gasteiger charge is 2.69. The van der Waals surface area contributed by atoms with Crippen molar-refractivity contribution in [3.05, 3.63) is 72.6 Å². The van der Waals surface area contributed by atoms with Gasteiger partial charge in [0.2, 0.25) is 0 Å². The molecule has 2 aliphatic carbocycles. The van der Waals surface area contributed by atoms with Gasteiger partial charge in [-0.3, -0.25) is 9.59 Å². The van der Waals surface area contributed by atoms with Gasteiger partial charge in [0.25, 0.3) is 0 Å². The zero-order valence-electron chi connectivity index (χ0n) is 53.8. The Morgan fingerprint density at radius 3 is 1.57 bits per heavy atom. The molecule has 0 aromatic carbocycles. The Bertz CT molecular complexity index is 3960. The van der Waals surface area contributed by atoms with Crippen LogP contribution in [0.1, 0.15) is 154 Å². The van der Waals surface area contributed by atoms with Crippen LogP contribution in [-0.2, 0) is 62.1 Å². The van der Waals surface area contributed by atoms with Crippen molar-refractivity contribution in [1.82, 2.24) is 65.4 Å². The summed E-state index contributed by atoms with van der Waals surface area (Å²) in [7, 11) is 0. The molecule has 2 N–H and O–H groups in total. The summed E-state index contributed by atoms with van der Waals surface area (Å²) in [4.78, 5) is 78.1. The van der Waals surface area contributed by atoms with Crippen LogP contribution in [0.15, 0.2) is 33.4 Å². The molecule has 2 amide bonds. The topological polar surface area (TPSA) is 306 Å². The third-order valence-electron chi connectivity index (χ3n) is 18.2. The zero-order valence-corrected chi connectivity index (χ0v) is 57.5. The molecule has 11 heterocycles. The Kier molecular flexibility index (Phi) is 18.7. The molecule has 4 saturated heterocycles. The maximum absolute atomic E-state index is 12.8. The number of carbonyl (C=O) groups is 4. The van der Waals surface area contributed by atoms with Gasteiger partial charge >= 0.3 is 24.1 Å². The number of rotatable bonds is 15. The summed E-state index contributed by atoms with van der Waals surface area (Å²) >= 11 is 15.1. The van der Waals surface area contributed by atoms with Crippen LogP contribution in [0.2, 0.25) is 10.2 Å². The van der Waals surface area contributed by atoms with Crippen LogP contribution in [0.4, 0.5) is 21.2 Å². The number of nitrogens with one attached hydrogen (secondary N) is 2. The average Bonchev–Trinajstić information content (AvgIpc) is 1.53. The Morgan fingerprint density at radius 2 is 1.13 bits per heavy atom. The predicted octanol–water partition coefficient (Wildman–Crippen LogP) is 10.6. The van der Waals surface area contributed by atoms with Gasteiger partial charge in [-0.2, -0.15) is 10.2 Å². The van der Waals surface area contributed by atoms with Gasteiger partial charge in [-0.25, -0.2) is 43.9 Å². The maximum Gasteiger partial charge on any atom is 0.407 e. The van der Waals surface area contributed by atoms with Crippen molar-refractivity contribution in [1.29, 1.82) is 0 Å². The Hall–Kier alpha value is -7.02. The standard InChI is InChI=1S/C34H40Cl2N8O6.C29H38IN7O6/c1-18-14-24(42-50-18)34(17-38-32(46)49-33(3,4)5)21-10-12-43(15-22(21)34)30-23(16-48-19(2)45)39-28-27(20-9-11-37-29(36)26(20)35)41-44(31(28)40-30)25-8-6-7-13-47-25;1-16-12-21(35-43-16)29(15-31-27(39)42-28(3,4)5)18-9-10-36(13-19(18)29)25-20(14-41-17(2)38)32-23-24(30)34-37(26(23)33-25)22-8-6-7-11-40-22/h9,11,14,21-22,25H,6-8,10,12-13,15-17H2,1-5H3,(H,38,46);12,18-19,22H,6-11,13-15H2,1-5H3,(H,31,39). The predicted molar refractivity (Wildman–Crippen MR) is 347 cm³/mol. The average molecular weight is 1440 g/mol. The first kappa shape index (κ1) is 66.0. The smallest absolute Gasteiger partial charge is 0.407 e. The van der Waals surface area contributed by atoms with Gasteiger partial charge < -0.3 is 57.9 Å². The third kappa shape index (κ3) is 13.7. The number of fused-ring (bicyclic) bond motifs is 4. The molecule has 0 radical (unpaired) electrons. The van der Waals surface area contributed by atoms with Crippen molar-refractivity contribution in [2.75, 3.05) is 62.3 Å². The molecular weight excluding hydrogens is 1360 g/mol. The summed E-state index contributed by atoms with van der Waals surface area (Å²) in [6.07, 6.45) is 7.35. The number of piperidine rings is 2. The van der Waals surface area contributed by atoms with E-state index < -0.39 is 40.2 Å². The second kappa shape index (κ2) is 26.3. The van der Waals surface area contributed by atoms with Gasteiger partial charge in [0, 0.05) is 101 Å². The fraction of sp³-hybridized carbons (Fsp3) is 0.603. The lowest BCUT2D eigenvalue weighted by molar-refractivity contribution is -0.143. The van der Waals surface area contributed by atoms with Crippen molar-refractivity contribution in [2.45, 2.75) is 168 Å². The number of aryl methyl sites for hydroxylation is 2. The van der Waals surface area contributed by atoms with Gasteiger partial charge in [-0.1, -0.05) is 33.5 Å². The highest BCUT2D eigenvalue weighted by atomic mass is 127. The molecule has 8 unspecified atom stereocenters. The van der Waals surface area contributed by atoms with Gasteiger partial charge in [0.1, 0.15) is 69.2 Å². The van der Waals surface area contributed by atoms with Gasteiger partial charge in [-0.05, 0) is 159 Å². The maximum atomic E-state index is 12.8. The second-order valence-corrected chi connectivity index (χ2v) is 28.6. The van der Waals surface area contributed by atoms with Crippen molar-refractivity contribution in [2.24, 2.45) is 23.7 Å². The molecule has 8 atom stereocenters. The minimum absolute atomic E-state index is 0.00716. The lowest BCUT2D eigenvalue weighted by atomic mass is 9.96. The number of nitrogens with zero attached hydrogens (tertiary/aromatic N) is 13. The normalized spacial score (nSPS) is 24.3. The van der Waals surface area contributed by atoms with E-state index in [0.29, 0.717) is 121 Å². The number of aromatic nitrogens is 11. The first-order valence-corrected chi connectivity index (χ1v) is 33.5. The van der Waals surface area contributed by atoms with Crippen LogP contribution >= 0.6 is 45.8 Å². The van der Waals surface area contributed by atoms with Crippen LogP contribution in [0.5, 0.6) is 0 Å². The lowest BCUT2D eigenvalue weighted by Gasteiger charge is -2.29. The van der Waals surface area contributed by atoms with Crippen LogP contribution in [0, 0.1) is 41.2 Å². The molecule has 30 heteroatoms. The van der Waals surface area contributed by atoms with E-state index in [-0.39, 0.29) is 59.6 Å². The second-order valence-electron chi connectivity index (χ2n) is 26.9. The van der Waals surface area contributed by atoms with Crippen LogP contribution in [0.3, 0.4) is 0 Å². The van der Waals surface area contributed by atoms with E-state index >= 15 is 0 Å². The van der Waals surface area contributed by atoms with E-state index in [2.05, 4.69) is 58.3 Å². The summed E-state index contributed by atoms with van der Waals surface area (Å²) in [6, 6.07) is 5.64. The number of hydrogen-bond donors (Lipinski definition) is 2. The summed E-state index contributed by atoms with van der Waals surface area (Å²) in [6.45, 7) is 22.0. The molecule has 0 spiro atoms. The Labute approximate surface area is 560 Å².